The number of benzene rings is 2. The minimum atomic E-state index is -1.13. The van der Waals surface area contributed by atoms with Gasteiger partial charge in [0, 0.05) is 23.4 Å². The van der Waals surface area contributed by atoms with E-state index in [-0.39, 0.29) is 18.7 Å². The van der Waals surface area contributed by atoms with Crippen LogP contribution >= 0.6 is 0 Å². The van der Waals surface area contributed by atoms with Crippen molar-refractivity contribution in [3.05, 3.63) is 65.6 Å². The van der Waals surface area contributed by atoms with Crippen LogP contribution in [0.2, 0.25) is 0 Å². The molecule has 2 heterocycles. The number of pyridine rings is 1. The molecule has 154 valence electrons. The molecule has 0 amide bonds. The molecular formula is C25H23F2NO2. The van der Waals surface area contributed by atoms with Gasteiger partial charge in [-0.05, 0) is 60.6 Å². The van der Waals surface area contributed by atoms with E-state index in [4.69, 9.17) is 9.72 Å². The van der Waals surface area contributed by atoms with Crippen molar-refractivity contribution in [1.29, 1.82) is 0 Å². The van der Waals surface area contributed by atoms with E-state index in [1.807, 2.05) is 24.3 Å². The molecule has 3 aromatic rings. The summed E-state index contributed by atoms with van der Waals surface area (Å²) < 4.78 is 32.9. The molecule has 30 heavy (non-hydrogen) atoms. The second-order valence-electron chi connectivity index (χ2n) is 8.34. The van der Waals surface area contributed by atoms with Crippen molar-refractivity contribution < 1.29 is 18.3 Å². The number of alkyl halides is 1. The Kier molecular flexibility index (Phi) is 4.97. The number of carbonyl (C=O) groups excluding carboxylic acids is 1. The van der Waals surface area contributed by atoms with Crippen molar-refractivity contribution in [2.75, 3.05) is 0 Å². The highest BCUT2D eigenvalue weighted by atomic mass is 19.1. The first-order chi connectivity index (χ1) is 14.6. The van der Waals surface area contributed by atoms with Crippen molar-refractivity contribution >= 4 is 16.9 Å². The van der Waals surface area contributed by atoms with Crippen molar-refractivity contribution in [3.8, 4) is 11.1 Å². The van der Waals surface area contributed by atoms with E-state index in [0.717, 1.165) is 46.1 Å². The number of nitrogens with zero attached hydrogens (tertiary/aromatic N) is 1. The average Bonchev–Trinajstić information content (AvgIpc) is 3.57. The number of hydrogen-bond acceptors (Lipinski definition) is 3. The van der Waals surface area contributed by atoms with Crippen LogP contribution in [0.15, 0.2) is 48.5 Å². The number of carbonyl (C=O) groups is 1. The molecule has 5 heteroatoms. The molecule has 0 N–H and O–H groups in total. The SMILES string of the molecule is O=C1C[C@@H](F)C[C@@H](CCc2c(C3CC3)nc3ccccc3c2-c2ccc(F)cc2)O1. The molecule has 1 aromatic heterocycles. The van der Waals surface area contributed by atoms with Gasteiger partial charge < -0.3 is 4.74 Å². The van der Waals surface area contributed by atoms with Crippen LogP contribution in [0.1, 0.15) is 49.3 Å². The summed E-state index contributed by atoms with van der Waals surface area (Å²) in [6, 6.07) is 14.6. The topological polar surface area (TPSA) is 39.2 Å². The Bertz CT molecular complexity index is 1090. The molecule has 2 fully saturated rings. The Balaban J connectivity index is 1.59. The van der Waals surface area contributed by atoms with Crippen LogP contribution in [-0.2, 0) is 16.0 Å². The minimum absolute atomic E-state index is 0.151. The molecule has 2 aromatic carbocycles. The molecule has 2 aliphatic rings. The van der Waals surface area contributed by atoms with E-state index in [1.54, 1.807) is 12.1 Å². The summed E-state index contributed by atoms with van der Waals surface area (Å²) in [7, 11) is 0. The Morgan fingerprint density at radius 2 is 1.83 bits per heavy atom. The monoisotopic (exact) mass is 407 g/mol. The highest BCUT2D eigenvalue weighted by Crippen LogP contribution is 2.45. The molecule has 3 nitrogen and oxygen atoms in total. The number of halogens is 2. The molecule has 0 bridgehead atoms. The summed E-state index contributed by atoms with van der Waals surface area (Å²) in [4.78, 5) is 16.6. The van der Waals surface area contributed by atoms with Gasteiger partial charge in [-0.25, -0.2) is 8.78 Å². The Morgan fingerprint density at radius 3 is 2.57 bits per heavy atom. The normalized spacial score (nSPS) is 21.6. The first-order valence-corrected chi connectivity index (χ1v) is 10.6. The molecule has 0 unspecified atom stereocenters. The standard InChI is InChI=1S/C25H23F2NO2/c26-17-9-7-15(8-10-17)24-20-3-1-2-4-22(20)28-25(16-5-6-16)21(24)12-11-19-13-18(27)14-23(29)30-19/h1-4,7-10,16,18-19H,5-6,11-14H2/t18-,19+/m0/s1. The van der Waals surface area contributed by atoms with Gasteiger partial charge in [-0.2, -0.15) is 0 Å². The predicted molar refractivity (Wildman–Crippen MR) is 111 cm³/mol. The number of fused-ring (bicyclic) bond motifs is 1. The summed E-state index contributed by atoms with van der Waals surface area (Å²) in [6.45, 7) is 0. The third-order valence-corrected chi connectivity index (χ3v) is 6.04. The summed E-state index contributed by atoms with van der Waals surface area (Å²) >= 11 is 0. The maximum atomic E-state index is 13.9. The number of cyclic esters (lactones) is 1. The second kappa shape index (κ2) is 7.78. The maximum absolute atomic E-state index is 13.9. The molecule has 2 atom stereocenters. The zero-order valence-electron chi connectivity index (χ0n) is 16.6. The van der Waals surface area contributed by atoms with Crippen LogP contribution in [0.3, 0.4) is 0 Å². The lowest BCUT2D eigenvalue weighted by atomic mass is 9.89. The van der Waals surface area contributed by atoms with Gasteiger partial charge in [0.2, 0.25) is 0 Å². The summed E-state index contributed by atoms with van der Waals surface area (Å²) in [6.07, 6.45) is 1.95. The van der Waals surface area contributed by atoms with Gasteiger partial charge in [0.15, 0.2) is 0 Å². The summed E-state index contributed by atoms with van der Waals surface area (Å²) in [5.74, 6) is -0.313. The predicted octanol–water partition coefficient (Wildman–Crippen LogP) is 5.89. The fourth-order valence-electron chi connectivity index (χ4n) is 4.48. The van der Waals surface area contributed by atoms with E-state index in [1.165, 1.54) is 12.1 Å². The van der Waals surface area contributed by atoms with Gasteiger partial charge in [-0.15, -0.1) is 0 Å². The fourth-order valence-corrected chi connectivity index (χ4v) is 4.48. The van der Waals surface area contributed by atoms with Crippen LogP contribution in [-0.4, -0.2) is 23.2 Å². The number of rotatable bonds is 5. The van der Waals surface area contributed by atoms with Crippen LogP contribution in [0.25, 0.3) is 22.0 Å². The van der Waals surface area contributed by atoms with E-state index < -0.39 is 18.2 Å². The first-order valence-electron chi connectivity index (χ1n) is 10.6. The van der Waals surface area contributed by atoms with E-state index in [0.29, 0.717) is 18.8 Å². The molecule has 5 rings (SSSR count). The van der Waals surface area contributed by atoms with Gasteiger partial charge in [-0.1, -0.05) is 30.3 Å². The quantitative estimate of drug-likeness (QED) is 0.495. The Hall–Kier alpha value is -2.82. The molecule has 0 radical (unpaired) electrons. The number of hydrogen-bond donors (Lipinski definition) is 0. The molecular weight excluding hydrogens is 384 g/mol. The van der Waals surface area contributed by atoms with Crippen LogP contribution in [0, 0.1) is 5.82 Å². The van der Waals surface area contributed by atoms with E-state index >= 15 is 0 Å². The maximum Gasteiger partial charge on any atom is 0.309 e. The number of para-hydroxylation sites is 1. The molecule has 1 aliphatic carbocycles. The minimum Gasteiger partial charge on any atom is -0.462 e. The Labute approximate surface area is 174 Å². The highest BCUT2D eigenvalue weighted by molar-refractivity contribution is 5.96. The van der Waals surface area contributed by atoms with Gasteiger partial charge in [0.05, 0.1) is 11.9 Å². The Morgan fingerprint density at radius 1 is 1.07 bits per heavy atom. The smallest absolute Gasteiger partial charge is 0.309 e. The first kappa shape index (κ1) is 19.2. The van der Waals surface area contributed by atoms with Gasteiger partial charge >= 0.3 is 5.97 Å². The highest BCUT2D eigenvalue weighted by Gasteiger charge is 2.32. The zero-order valence-corrected chi connectivity index (χ0v) is 16.6. The van der Waals surface area contributed by atoms with E-state index in [9.17, 15) is 13.6 Å². The molecule has 1 saturated carbocycles. The third kappa shape index (κ3) is 3.81. The van der Waals surface area contributed by atoms with Crippen molar-refractivity contribution in [2.45, 2.75) is 56.7 Å². The fraction of sp³-hybridized carbons (Fsp3) is 0.360. The summed E-state index contributed by atoms with van der Waals surface area (Å²) in [5, 5.41) is 1.02. The van der Waals surface area contributed by atoms with Crippen molar-refractivity contribution in [1.82, 2.24) is 4.98 Å². The van der Waals surface area contributed by atoms with Gasteiger partial charge in [-0.3, -0.25) is 9.78 Å². The molecule has 1 aliphatic heterocycles. The lowest BCUT2D eigenvalue weighted by Crippen LogP contribution is -2.31. The van der Waals surface area contributed by atoms with Gasteiger partial charge in [0.1, 0.15) is 18.1 Å². The number of ether oxygens (including phenoxy) is 1. The lowest BCUT2D eigenvalue weighted by molar-refractivity contribution is -0.157. The van der Waals surface area contributed by atoms with Crippen molar-refractivity contribution in [2.24, 2.45) is 0 Å². The average molecular weight is 407 g/mol. The lowest BCUT2D eigenvalue weighted by Gasteiger charge is -2.26. The van der Waals surface area contributed by atoms with Crippen LogP contribution in [0.5, 0.6) is 0 Å². The number of aromatic nitrogens is 1. The second-order valence-corrected chi connectivity index (χ2v) is 8.34. The van der Waals surface area contributed by atoms with Crippen LogP contribution < -0.4 is 0 Å². The van der Waals surface area contributed by atoms with Gasteiger partial charge in [0.25, 0.3) is 0 Å². The van der Waals surface area contributed by atoms with E-state index in [2.05, 4.69) is 0 Å². The van der Waals surface area contributed by atoms with Crippen molar-refractivity contribution in [3.63, 3.8) is 0 Å². The molecule has 0 spiro atoms. The number of esters is 1. The molecule has 1 saturated heterocycles. The summed E-state index contributed by atoms with van der Waals surface area (Å²) in [5.41, 5.74) is 5.11. The van der Waals surface area contributed by atoms with Crippen LogP contribution in [0.4, 0.5) is 8.78 Å². The third-order valence-electron chi connectivity index (χ3n) is 6.04. The zero-order chi connectivity index (χ0) is 20.7. The largest absolute Gasteiger partial charge is 0.462 e.